The molecule has 0 amide bonds. The molecule has 2 heterocycles. The molecule has 210 valence electrons. The molecule has 3 atom stereocenters. The lowest BCUT2D eigenvalue weighted by Crippen LogP contribution is -2.46. The smallest absolute Gasteiger partial charge is 0.379 e. The molecular formula is C23H50O10Si2. The van der Waals surface area contributed by atoms with Crippen molar-refractivity contribution in [3.05, 3.63) is 0 Å². The van der Waals surface area contributed by atoms with Crippen LogP contribution in [0.15, 0.2) is 0 Å². The monoisotopic (exact) mass is 542 g/mol. The lowest BCUT2D eigenvalue weighted by Gasteiger charge is -2.29. The van der Waals surface area contributed by atoms with E-state index >= 15 is 0 Å². The van der Waals surface area contributed by atoms with Crippen LogP contribution in [0.2, 0.25) is 12.1 Å². The highest BCUT2D eigenvalue weighted by atomic mass is 28.4. The molecule has 0 aromatic heterocycles. The van der Waals surface area contributed by atoms with E-state index in [-0.39, 0.29) is 6.10 Å². The van der Waals surface area contributed by atoms with E-state index in [2.05, 4.69) is 6.92 Å². The molecule has 2 rings (SSSR count). The summed E-state index contributed by atoms with van der Waals surface area (Å²) in [5.74, 6) is 0. The molecule has 0 bridgehead atoms. The summed E-state index contributed by atoms with van der Waals surface area (Å²) in [5.41, 5.74) is 0. The first-order valence-corrected chi connectivity index (χ1v) is 16.8. The van der Waals surface area contributed by atoms with E-state index < -0.39 is 17.6 Å². The fourth-order valence-electron chi connectivity index (χ4n) is 3.38. The van der Waals surface area contributed by atoms with Crippen molar-refractivity contribution in [1.82, 2.24) is 0 Å². The quantitative estimate of drug-likeness (QED) is 0.115. The molecule has 2 saturated heterocycles. The first-order valence-electron chi connectivity index (χ1n) is 12.9. The Hall–Kier alpha value is 0.0338. The van der Waals surface area contributed by atoms with Gasteiger partial charge in [0.05, 0.1) is 32.5 Å². The second kappa shape index (κ2) is 19.2. The molecule has 3 unspecified atom stereocenters. The Kier molecular flexibility index (Phi) is 18.1. The van der Waals surface area contributed by atoms with E-state index in [0.717, 1.165) is 57.8 Å². The van der Waals surface area contributed by atoms with Gasteiger partial charge < -0.3 is 45.5 Å². The predicted octanol–water partition coefficient (Wildman–Crippen LogP) is 3.29. The highest BCUT2D eigenvalue weighted by Gasteiger charge is 2.40. The first-order chi connectivity index (χ1) is 16.9. The Labute approximate surface area is 214 Å². The number of unbranched alkanes of at least 4 members (excludes halogenated alkanes) is 1. The van der Waals surface area contributed by atoms with Gasteiger partial charge in [0.2, 0.25) is 0 Å². The van der Waals surface area contributed by atoms with E-state index in [1.54, 1.807) is 21.3 Å². The van der Waals surface area contributed by atoms with Gasteiger partial charge in [-0.05, 0) is 47.0 Å². The Morgan fingerprint density at radius 3 is 1.71 bits per heavy atom. The fraction of sp³-hybridized carbons (Fsp3) is 1.00. The zero-order chi connectivity index (χ0) is 26.0. The zero-order valence-electron chi connectivity index (χ0n) is 23.0. The Balaban J connectivity index is 0.000000355. The van der Waals surface area contributed by atoms with Crippen LogP contribution in [0.4, 0.5) is 0 Å². The lowest BCUT2D eigenvalue weighted by molar-refractivity contribution is 0.0386. The topological polar surface area (TPSA) is 98.9 Å². The van der Waals surface area contributed by atoms with Gasteiger partial charge in [-0.25, -0.2) is 0 Å². The van der Waals surface area contributed by atoms with E-state index in [1.807, 2.05) is 20.8 Å². The normalized spacial score (nSPS) is 20.3. The SMILES string of the molecule is CCO[Si](CCC(C)OCC1CO1)(OCC)OCC.CO[Si](CCCCOCC1CO1)(OC)OC. The summed E-state index contributed by atoms with van der Waals surface area (Å²) >= 11 is 0. The highest BCUT2D eigenvalue weighted by molar-refractivity contribution is 6.61. The van der Waals surface area contributed by atoms with Crippen molar-refractivity contribution in [3.63, 3.8) is 0 Å². The summed E-state index contributed by atoms with van der Waals surface area (Å²) in [6, 6.07) is 1.63. The fourth-order valence-corrected chi connectivity index (χ4v) is 7.94. The molecule has 0 aliphatic carbocycles. The molecule has 0 aromatic carbocycles. The van der Waals surface area contributed by atoms with Crippen molar-refractivity contribution in [3.8, 4) is 0 Å². The number of ether oxygens (including phenoxy) is 4. The van der Waals surface area contributed by atoms with Crippen LogP contribution < -0.4 is 0 Å². The van der Waals surface area contributed by atoms with Crippen LogP contribution >= 0.6 is 0 Å². The maximum Gasteiger partial charge on any atom is 0.501 e. The molecule has 0 aromatic rings. The van der Waals surface area contributed by atoms with Crippen molar-refractivity contribution in [1.29, 1.82) is 0 Å². The molecule has 0 saturated carbocycles. The third-order valence-corrected chi connectivity index (χ3v) is 11.5. The van der Waals surface area contributed by atoms with Gasteiger partial charge in [0.15, 0.2) is 0 Å². The van der Waals surface area contributed by atoms with E-state index in [4.69, 9.17) is 45.5 Å². The zero-order valence-corrected chi connectivity index (χ0v) is 25.0. The lowest BCUT2D eigenvalue weighted by atomic mass is 10.3. The maximum atomic E-state index is 5.81. The van der Waals surface area contributed by atoms with Gasteiger partial charge in [0.25, 0.3) is 0 Å². The number of hydrogen-bond donors (Lipinski definition) is 0. The van der Waals surface area contributed by atoms with Crippen LogP contribution in [-0.2, 0) is 45.5 Å². The average molecular weight is 543 g/mol. The Morgan fingerprint density at radius 2 is 1.26 bits per heavy atom. The number of epoxide rings is 2. The Morgan fingerprint density at radius 1 is 0.743 bits per heavy atom. The third-order valence-electron chi connectivity index (χ3n) is 5.58. The molecule has 0 N–H and O–H groups in total. The summed E-state index contributed by atoms with van der Waals surface area (Å²) in [7, 11) is 0.0397. The van der Waals surface area contributed by atoms with Crippen LogP contribution in [0.25, 0.3) is 0 Å². The van der Waals surface area contributed by atoms with Crippen LogP contribution in [0.1, 0.15) is 47.0 Å². The van der Waals surface area contributed by atoms with Crippen molar-refractivity contribution >= 4 is 17.6 Å². The summed E-state index contributed by atoms with van der Waals surface area (Å²) in [5, 5.41) is 0. The Bertz CT molecular complexity index is 479. The van der Waals surface area contributed by atoms with Gasteiger partial charge in [-0.1, -0.05) is 0 Å². The maximum absolute atomic E-state index is 5.81. The van der Waals surface area contributed by atoms with Gasteiger partial charge in [0, 0.05) is 59.8 Å². The van der Waals surface area contributed by atoms with Crippen molar-refractivity contribution in [2.24, 2.45) is 0 Å². The van der Waals surface area contributed by atoms with Crippen LogP contribution in [0, 0.1) is 0 Å². The molecule has 2 fully saturated rings. The van der Waals surface area contributed by atoms with Gasteiger partial charge in [-0.2, -0.15) is 0 Å². The number of hydrogen-bond acceptors (Lipinski definition) is 10. The van der Waals surface area contributed by atoms with Crippen molar-refractivity contribution in [2.45, 2.75) is 77.4 Å². The van der Waals surface area contributed by atoms with Gasteiger partial charge >= 0.3 is 17.6 Å². The van der Waals surface area contributed by atoms with E-state index in [1.165, 1.54) is 0 Å². The summed E-state index contributed by atoms with van der Waals surface area (Å²) in [4.78, 5) is 0. The second-order valence-electron chi connectivity index (χ2n) is 8.40. The summed E-state index contributed by atoms with van der Waals surface area (Å²) in [6.07, 6.45) is 3.72. The average Bonchev–Trinajstić information content (AvgIpc) is 3.78. The van der Waals surface area contributed by atoms with Gasteiger partial charge in [-0.3, -0.25) is 0 Å². The largest absolute Gasteiger partial charge is 0.501 e. The molecular weight excluding hydrogens is 492 g/mol. The summed E-state index contributed by atoms with van der Waals surface area (Å²) in [6.45, 7) is 13.7. The molecule has 35 heavy (non-hydrogen) atoms. The van der Waals surface area contributed by atoms with E-state index in [9.17, 15) is 0 Å². The minimum Gasteiger partial charge on any atom is -0.379 e. The molecule has 0 radical (unpaired) electrons. The van der Waals surface area contributed by atoms with Crippen molar-refractivity contribution in [2.75, 3.05) is 74.2 Å². The molecule has 10 nitrogen and oxygen atoms in total. The van der Waals surface area contributed by atoms with Gasteiger partial charge in [0.1, 0.15) is 12.2 Å². The minimum absolute atomic E-state index is 0.178. The summed E-state index contributed by atoms with van der Waals surface area (Å²) < 4.78 is 54.8. The molecule has 2 aliphatic heterocycles. The molecule has 12 heteroatoms. The van der Waals surface area contributed by atoms with Crippen LogP contribution in [-0.4, -0.2) is 110 Å². The second-order valence-corrected chi connectivity index (χ2v) is 14.2. The minimum atomic E-state index is -2.51. The first kappa shape index (κ1) is 33.1. The van der Waals surface area contributed by atoms with Gasteiger partial charge in [-0.15, -0.1) is 0 Å². The third kappa shape index (κ3) is 15.1. The number of rotatable bonds is 22. The standard InChI is InChI=1S/C13H28O5Si.C10H22O5Si/c1-5-16-19(17-6-2,18-7-3)9-8-12(4)14-10-13-11-15-13;1-11-16(12-2,13-3)7-5-4-6-14-8-10-9-15-10/h12-13H,5-11H2,1-4H3;10H,4-9H2,1-3H3. The predicted molar refractivity (Wildman–Crippen MR) is 137 cm³/mol. The van der Waals surface area contributed by atoms with E-state index in [0.29, 0.717) is 38.6 Å². The molecule has 0 spiro atoms. The van der Waals surface area contributed by atoms with Crippen molar-refractivity contribution < 1.29 is 45.5 Å². The molecule has 2 aliphatic rings. The van der Waals surface area contributed by atoms with Crippen LogP contribution in [0.5, 0.6) is 0 Å². The highest BCUT2D eigenvalue weighted by Crippen LogP contribution is 2.21. The van der Waals surface area contributed by atoms with Crippen LogP contribution in [0.3, 0.4) is 0 Å².